The largest absolute Gasteiger partial charge is 0.342 e. The SMILES string of the molecule is CN(CCCC1CC(c2ccccc2)NN1)C(=O)c1ccc(S(=O)(=O)NC2CC2)cc1. The van der Waals surface area contributed by atoms with Gasteiger partial charge < -0.3 is 4.90 Å². The van der Waals surface area contributed by atoms with Gasteiger partial charge in [-0.05, 0) is 61.9 Å². The molecule has 2 aromatic rings. The molecule has 7 nitrogen and oxygen atoms in total. The Kier molecular flexibility index (Phi) is 6.71. The number of hydrazine groups is 1. The third-order valence-corrected chi connectivity index (χ3v) is 7.42. The third kappa shape index (κ3) is 5.71. The summed E-state index contributed by atoms with van der Waals surface area (Å²) in [6.45, 7) is 0.649. The van der Waals surface area contributed by atoms with Crippen LogP contribution in [-0.2, 0) is 10.0 Å². The van der Waals surface area contributed by atoms with Gasteiger partial charge in [0.1, 0.15) is 0 Å². The lowest BCUT2D eigenvalue weighted by Crippen LogP contribution is -2.32. The Morgan fingerprint density at radius 2 is 1.77 bits per heavy atom. The van der Waals surface area contributed by atoms with E-state index in [1.54, 1.807) is 24.1 Å². The second-order valence-corrected chi connectivity index (χ2v) is 10.2. The minimum absolute atomic E-state index is 0.0602. The maximum Gasteiger partial charge on any atom is 0.253 e. The first-order chi connectivity index (χ1) is 14.9. The zero-order valence-electron chi connectivity index (χ0n) is 17.8. The Balaban J connectivity index is 1.23. The van der Waals surface area contributed by atoms with Gasteiger partial charge in [0, 0.05) is 37.3 Å². The summed E-state index contributed by atoms with van der Waals surface area (Å²) in [4.78, 5) is 14.6. The van der Waals surface area contributed by atoms with Gasteiger partial charge >= 0.3 is 0 Å². The quantitative estimate of drug-likeness (QED) is 0.555. The van der Waals surface area contributed by atoms with Gasteiger partial charge in [0.2, 0.25) is 10.0 Å². The van der Waals surface area contributed by atoms with Crippen molar-refractivity contribution < 1.29 is 13.2 Å². The van der Waals surface area contributed by atoms with Crippen LogP contribution in [-0.4, -0.2) is 44.9 Å². The molecule has 4 rings (SSSR count). The Morgan fingerprint density at radius 1 is 1.06 bits per heavy atom. The van der Waals surface area contributed by atoms with Crippen LogP contribution >= 0.6 is 0 Å². The van der Waals surface area contributed by atoms with Crippen LogP contribution < -0.4 is 15.6 Å². The molecule has 0 bridgehead atoms. The highest BCUT2D eigenvalue weighted by Crippen LogP contribution is 2.24. The van der Waals surface area contributed by atoms with Crippen molar-refractivity contribution in [3.8, 4) is 0 Å². The van der Waals surface area contributed by atoms with Crippen molar-refractivity contribution in [1.82, 2.24) is 20.5 Å². The standard InChI is InChI=1S/C23H30N4O3S/c1-27(15-5-8-20-16-22(25-24-20)17-6-3-2-4-7-17)23(28)18-9-13-21(14-10-18)31(29,30)26-19-11-12-19/h2-4,6-7,9-10,13-14,19-20,22,24-26H,5,8,11-12,15-16H2,1H3. The van der Waals surface area contributed by atoms with E-state index in [0.29, 0.717) is 24.2 Å². The average Bonchev–Trinajstić information content (AvgIpc) is 3.46. The molecule has 0 radical (unpaired) electrons. The van der Waals surface area contributed by atoms with E-state index in [-0.39, 0.29) is 16.8 Å². The van der Waals surface area contributed by atoms with Gasteiger partial charge in [-0.15, -0.1) is 0 Å². The highest BCUT2D eigenvalue weighted by Gasteiger charge is 2.28. The molecule has 1 amide bonds. The van der Waals surface area contributed by atoms with E-state index in [2.05, 4.69) is 39.8 Å². The smallest absolute Gasteiger partial charge is 0.253 e. The van der Waals surface area contributed by atoms with Crippen LogP contribution in [0, 0.1) is 0 Å². The van der Waals surface area contributed by atoms with Gasteiger partial charge in [0.05, 0.1) is 4.90 Å². The highest BCUT2D eigenvalue weighted by atomic mass is 32.2. The number of nitrogens with one attached hydrogen (secondary N) is 3. The second-order valence-electron chi connectivity index (χ2n) is 8.47. The maximum absolute atomic E-state index is 12.7. The molecular weight excluding hydrogens is 412 g/mol. The van der Waals surface area contributed by atoms with Crippen molar-refractivity contribution in [3.63, 3.8) is 0 Å². The Morgan fingerprint density at radius 3 is 2.45 bits per heavy atom. The number of carbonyl (C=O) groups excluding carboxylic acids is 1. The summed E-state index contributed by atoms with van der Waals surface area (Å²) in [5, 5.41) is 0. The van der Waals surface area contributed by atoms with Crippen LogP contribution in [0.5, 0.6) is 0 Å². The van der Waals surface area contributed by atoms with Crippen LogP contribution in [0.4, 0.5) is 0 Å². The summed E-state index contributed by atoms with van der Waals surface area (Å²) in [6.07, 6.45) is 4.66. The highest BCUT2D eigenvalue weighted by molar-refractivity contribution is 7.89. The summed E-state index contributed by atoms with van der Waals surface area (Å²) in [5.41, 5.74) is 8.50. The Labute approximate surface area is 184 Å². The first kappa shape index (κ1) is 22.0. The molecule has 1 saturated heterocycles. The number of sulfonamides is 1. The van der Waals surface area contributed by atoms with Crippen LogP contribution in [0.1, 0.15) is 54.1 Å². The number of carbonyl (C=O) groups is 1. The molecule has 1 aliphatic heterocycles. The van der Waals surface area contributed by atoms with Gasteiger partial charge in [-0.3, -0.25) is 15.6 Å². The molecule has 2 aliphatic rings. The zero-order valence-corrected chi connectivity index (χ0v) is 18.6. The van der Waals surface area contributed by atoms with Gasteiger partial charge in [0.15, 0.2) is 0 Å². The number of nitrogens with zero attached hydrogens (tertiary/aromatic N) is 1. The molecule has 31 heavy (non-hydrogen) atoms. The van der Waals surface area contributed by atoms with Crippen LogP contribution in [0.2, 0.25) is 0 Å². The summed E-state index contributed by atoms with van der Waals surface area (Å²) in [5.74, 6) is -0.0984. The lowest BCUT2D eigenvalue weighted by atomic mass is 10.00. The number of amides is 1. The fraction of sp³-hybridized carbons (Fsp3) is 0.435. The van der Waals surface area contributed by atoms with E-state index in [0.717, 1.165) is 32.1 Å². The van der Waals surface area contributed by atoms with E-state index in [4.69, 9.17) is 0 Å². The minimum atomic E-state index is -3.50. The van der Waals surface area contributed by atoms with Crippen LogP contribution in [0.25, 0.3) is 0 Å². The van der Waals surface area contributed by atoms with Gasteiger partial charge in [-0.25, -0.2) is 13.1 Å². The number of benzene rings is 2. The first-order valence-electron chi connectivity index (χ1n) is 10.9. The topological polar surface area (TPSA) is 90.5 Å². The monoisotopic (exact) mass is 442 g/mol. The predicted molar refractivity (Wildman–Crippen MR) is 120 cm³/mol. The summed E-state index contributed by atoms with van der Waals surface area (Å²) >= 11 is 0. The summed E-state index contributed by atoms with van der Waals surface area (Å²) in [7, 11) is -1.71. The lowest BCUT2D eigenvalue weighted by Gasteiger charge is -2.18. The summed E-state index contributed by atoms with van der Waals surface area (Å²) < 4.78 is 27.2. The fourth-order valence-corrected chi connectivity index (χ4v) is 5.18. The molecule has 1 aliphatic carbocycles. The van der Waals surface area contributed by atoms with Gasteiger partial charge in [0.25, 0.3) is 5.91 Å². The Hall–Kier alpha value is -2.26. The molecule has 1 heterocycles. The molecule has 0 aromatic heterocycles. The molecule has 2 unspecified atom stereocenters. The number of rotatable bonds is 9. The van der Waals surface area contributed by atoms with Crippen molar-refractivity contribution in [1.29, 1.82) is 0 Å². The van der Waals surface area contributed by atoms with Crippen LogP contribution in [0.3, 0.4) is 0 Å². The van der Waals surface area contributed by atoms with E-state index in [9.17, 15) is 13.2 Å². The molecule has 166 valence electrons. The van der Waals surface area contributed by atoms with Crippen molar-refractivity contribution in [2.45, 2.75) is 55.1 Å². The normalized spacial score (nSPS) is 21.2. The fourth-order valence-electron chi connectivity index (χ4n) is 3.88. The van der Waals surface area contributed by atoms with Crippen LogP contribution in [0.15, 0.2) is 59.5 Å². The first-order valence-corrected chi connectivity index (χ1v) is 12.3. The van der Waals surface area contributed by atoms with E-state index in [1.165, 1.54) is 17.7 Å². The molecule has 1 saturated carbocycles. The van der Waals surface area contributed by atoms with Crippen molar-refractivity contribution in [2.75, 3.05) is 13.6 Å². The van der Waals surface area contributed by atoms with E-state index in [1.807, 2.05) is 6.07 Å². The minimum Gasteiger partial charge on any atom is -0.342 e. The molecule has 2 aromatic carbocycles. The third-order valence-electron chi connectivity index (χ3n) is 5.89. The van der Waals surface area contributed by atoms with E-state index < -0.39 is 10.0 Å². The maximum atomic E-state index is 12.7. The molecule has 0 spiro atoms. The molecule has 2 fully saturated rings. The molecular formula is C23H30N4O3S. The molecule has 3 N–H and O–H groups in total. The Bertz CT molecular complexity index is 991. The number of hydrogen-bond donors (Lipinski definition) is 3. The van der Waals surface area contributed by atoms with E-state index >= 15 is 0 Å². The predicted octanol–water partition coefficient (Wildman–Crippen LogP) is 2.59. The number of hydrogen-bond acceptors (Lipinski definition) is 5. The van der Waals surface area contributed by atoms with Crippen molar-refractivity contribution >= 4 is 15.9 Å². The van der Waals surface area contributed by atoms with Gasteiger partial charge in [-0.2, -0.15) is 0 Å². The zero-order chi connectivity index (χ0) is 21.8. The second kappa shape index (κ2) is 9.48. The van der Waals surface area contributed by atoms with Gasteiger partial charge in [-0.1, -0.05) is 30.3 Å². The average molecular weight is 443 g/mol. The molecule has 8 heteroatoms. The summed E-state index contributed by atoms with van der Waals surface area (Å²) in [6, 6.07) is 17.3. The van der Waals surface area contributed by atoms with Crippen molar-refractivity contribution in [2.24, 2.45) is 0 Å². The molecule has 2 atom stereocenters. The lowest BCUT2D eigenvalue weighted by molar-refractivity contribution is 0.0791. The van der Waals surface area contributed by atoms with Crippen molar-refractivity contribution in [3.05, 3.63) is 65.7 Å².